The van der Waals surface area contributed by atoms with E-state index in [0.29, 0.717) is 5.39 Å². The van der Waals surface area contributed by atoms with Gasteiger partial charge in [0.05, 0.1) is 16.3 Å². The number of rotatable bonds is 3. The predicted octanol–water partition coefficient (Wildman–Crippen LogP) is 0.810. The van der Waals surface area contributed by atoms with Crippen molar-refractivity contribution in [3.05, 3.63) is 30.3 Å². The average molecular weight is 413 g/mol. The fourth-order valence-electron chi connectivity index (χ4n) is 1.94. The number of hydrogen-bond donors (Lipinski definition) is 4. The minimum Gasteiger partial charge on any atom is -0.398 e. The van der Waals surface area contributed by atoms with Gasteiger partial charge in [-0.3, -0.25) is 13.7 Å². The first-order valence-corrected chi connectivity index (χ1v) is 10.9. The first kappa shape index (κ1) is 21.3. The van der Waals surface area contributed by atoms with Crippen LogP contribution in [0.3, 0.4) is 0 Å². The highest BCUT2D eigenvalue weighted by Gasteiger charge is 2.19. The maximum Gasteiger partial charge on any atom is 0.394 e. The van der Waals surface area contributed by atoms with Crippen molar-refractivity contribution in [2.45, 2.75) is 16.7 Å². The summed E-state index contributed by atoms with van der Waals surface area (Å²) in [5, 5.41) is 0.559. The van der Waals surface area contributed by atoms with E-state index in [2.05, 4.69) is 0 Å². The molecule has 0 saturated heterocycles. The third kappa shape index (κ3) is 5.91. The summed E-state index contributed by atoms with van der Waals surface area (Å²) < 4.78 is 87.1. The molecule has 2 aromatic rings. The van der Waals surface area contributed by atoms with Gasteiger partial charge in [-0.2, -0.15) is 16.8 Å². The number of benzene rings is 2. The van der Waals surface area contributed by atoms with Crippen molar-refractivity contribution >= 4 is 46.8 Å². The fraction of sp³-hybridized carbons (Fsp3) is 0.167. The topological polar surface area (TPSA) is 189 Å². The predicted molar refractivity (Wildman–Crippen MR) is 90.1 cm³/mol. The quantitative estimate of drug-likeness (QED) is 0.414. The molecule has 2 rings (SSSR count). The van der Waals surface area contributed by atoms with Crippen LogP contribution in [0.1, 0.15) is 6.92 Å². The highest BCUT2D eigenvalue weighted by atomic mass is 32.3. The van der Waals surface area contributed by atoms with Crippen LogP contribution in [0.2, 0.25) is 0 Å². The maximum atomic E-state index is 11.8. The maximum absolute atomic E-state index is 11.8. The number of anilines is 1. The van der Waals surface area contributed by atoms with Gasteiger partial charge in [0.15, 0.2) is 9.84 Å². The van der Waals surface area contributed by atoms with Gasteiger partial charge >= 0.3 is 10.4 Å². The molecular weight excluding hydrogens is 398 g/mol. The van der Waals surface area contributed by atoms with Crippen LogP contribution in [-0.2, 0) is 30.4 Å². The highest BCUT2D eigenvalue weighted by molar-refractivity contribution is 7.91. The lowest BCUT2D eigenvalue weighted by molar-refractivity contribution is 0.381. The van der Waals surface area contributed by atoms with Crippen LogP contribution in [0.15, 0.2) is 40.1 Å². The Morgan fingerprint density at radius 1 is 0.920 bits per heavy atom. The second-order valence-corrected chi connectivity index (χ2v) is 9.23. The zero-order chi connectivity index (χ0) is 19.6. The molecule has 2 aromatic carbocycles. The monoisotopic (exact) mass is 413 g/mol. The summed E-state index contributed by atoms with van der Waals surface area (Å²) >= 11 is 0. The van der Waals surface area contributed by atoms with E-state index in [1.165, 1.54) is 37.3 Å². The van der Waals surface area contributed by atoms with Crippen LogP contribution in [0.25, 0.3) is 10.8 Å². The van der Waals surface area contributed by atoms with Crippen LogP contribution in [0.5, 0.6) is 0 Å². The summed E-state index contributed by atoms with van der Waals surface area (Å²) in [6.07, 6.45) is 0. The summed E-state index contributed by atoms with van der Waals surface area (Å²) in [6.45, 7) is 1.52. The van der Waals surface area contributed by atoms with Gasteiger partial charge in [-0.1, -0.05) is 19.1 Å². The lowest BCUT2D eigenvalue weighted by Crippen LogP contribution is -2.06. The standard InChI is InChI=1S/C12H13NO5S2.H2O4S/c1-2-19(14,15)9-4-5-10-8(7-9)3-6-11(13)12(10)20(16,17)18;1-5(2,3)4/h3-7H,2,13H2,1H3,(H,16,17,18);(H2,1,2,3,4). The van der Waals surface area contributed by atoms with Crippen molar-refractivity contribution in [1.82, 2.24) is 0 Å². The summed E-state index contributed by atoms with van der Waals surface area (Å²) in [4.78, 5) is -0.311. The Labute approximate surface area is 144 Å². The minimum absolute atomic E-state index is 0.0569. The van der Waals surface area contributed by atoms with E-state index in [0.717, 1.165) is 0 Å². The number of nitrogens with two attached hydrogens (primary N) is 1. The smallest absolute Gasteiger partial charge is 0.394 e. The second-order valence-electron chi connectivity index (χ2n) is 4.69. The molecule has 0 atom stereocenters. The van der Waals surface area contributed by atoms with Crippen LogP contribution in [0.4, 0.5) is 5.69 Å². The zero-order valence-electron chi connectivity index (χ0n) is 12.7. The Balaban J connectivity index is 0.000000550. The molecule has 0 aliphatic carbocycles. The normalized spacial score (nSPS) is 12.5. The largest absolute Gasteiger partial charge is 0.398 e. The summed E-state index contributed by atoms with van der Waals surface area (Å²) in [5.74, 6) is -0.0569. The molecule has 0 aromatic heterocycles. The van der Waals surface area contributed by atoms with Gasteiger partial charge in [0.2, 0.25) is 0 Å². The van der Waals surface area contributed by atoms with Crippen molar-refractivity contribution in [3.63, 3.8) is 0 Å². The van der Waals surface area contributed by atoms with E-state index in [1.54, 1.807) is 0 Å². The zero-order valence-corrected chi connectivity index (χ0v) is 15.1. The number of nitrogen functional groups attached to an aromatic ring is 1. The number of fused-ring (bicyclic) bond motifs is 1. The van der Waals surface area contributed by atoms with Gasteiger partial charge in [0.1, 0.15) is 4.90 Å². The third-order valence-electron chi connectivity index (χ3n) is 2.97. The van der Waals surface area contributed by atoms with E-state index >= 15 is 0 Å². The lowest BCUT2D eigenvalue weighted by atomic mass is 10.1. The van der Waals surface area contributed by atoms with Crippen LogP contribution in [-0.4, -0.2) is 44.7 Å². The molecule has 0 aliphatic rings. The van der Waals surface area contributed by atoms with Gasteiger partial charge in [-0.05, 0) is 23.6 Å². The first-order valence-electron chi connectivity index (χ1n) is 6.39. The Bertz CT molecular complexity index is 1100. The van der Waals surface area contributed by atoms with E-state index < -0.39 is 35.2 Å². The van der Waals surface area contributed by atoms with E-state index in [-0.39, 0.29) is 21.7 Å². The molecule has 0 heterocycles. The van der Waals surface area contributed by atoms with Crippen LogP contribution in [0, 0.1) is 0 Å². The molecule has 0 spiro atoms. The van der Waals surface area contributed by atoms with Crippen molar-refractivity contribution < 1.29 is 38.9 Å². The van der Waals surface area contributed by atoms with Gasteiger partial charge in [0, 0.05) is 5.39 Å². The summed E-state index contributed by atoms with van der Waals surface area (Å²) in [7, 11) is -12.5. The van der Waals surface area contributed by atoms with Crippen LogP contribution >= 0.6 is 0 Å². The number of sulfone groups is 1. The Morgan fingerprint density at radius 2 is 1.44 bits per heavy atom. The van der Waals surface area contributed by atoms with Gasteiger partial charge in [-0.25, -0.2) is 8.42 Å². The van der Waals surface area contributed by atoms with Crippen molar-refractivity contribution in [2.24, 2.45) is 0 Å². The number of hydrogen-bond acceptors (Lipinski definition) is 7. The molecule has 13 heteroatoms. The molecule has 0 unspecified atom stereocenters. The second kappa shape index (κ2) is 7.23. The molecule has 0 fully saturated rings. The van der Waals surface area contributed by atoms with E-state index in [1.807, 2.05) is 0 Å². The summed E-state index contributed by atoms with van der Waals surface area (Å²) in [5.41, 5.74) is 5.47. The van der Waals surface area contributed by atoms with E-state index in [4.69, 9.17) is 23.3 Å². The van der Waals surface area contributed by atoms with Crippen LogP contribution < -0.4 is 5.73 Å². The van der Waals surface area contributed by atoms with Gasteiger partial charge in [0.25, 0.3) is 10.1 Å². The molecule has 0 radical (unpaired) electrons. The summed E-state index contributed by atoms with van der Waals surface area (Å²) in [6, 6.07) is 6.82. The molecule has 0 aliphatic heterocycles. The van der Waals surface area contributed by atoms with Gasteiger partial charge < -0.3 is 5.73 Å². The Morgan fingerprint density at radius 3 is 1.88 bits per heavy atom. The third-order valence-corrected chi connectivity index (χ3v) is 5.67. The SMILES string of the molecule is CCS(=O)(=O)c1ccc2c(S(=O)(=O)O)c(N)ccc2c1.O=S(=O)(O)O. The van der Waals surface area contributed by atoms with Crippen molar-refractivity contribution in [3.8, 4) is 0 Å². The molecule has 10 nitrogen and oxygen atoms in total. The molecule has 0 amide bonds. The highest BCUT2D eigenvalue weighted by Crippen LogP contribution is 2.30. The Hall–Kier alpha value is -1.77. The van der Waals surface area contributed by atoms with E-state index in [9.17, 15) is 21.4 Å². The molecule has 25 heavy (non-hydrogen) atoms. The van der Waals surface area contributed by atoms with Crippen molar-refractivity contribution in [1.29, 1.82) is 0 Å². The van der Waals surface area contributed by atoms with Gasteiger partial charge in [-0.15, -0.1) is 0 Å². The Kier molecular flexibility index (Phi) is 6.15. The minimum atomic E-state index is -4.67. The molecule has 5 N–H and O–H groups in total. The molecular formula is C12H15NO9S3. The fourth-order valence-corrected chi connectivity index (χ4v) is 3.69. The lowest BCUT2D eigenvalue weighted by Gasteiger charge is -2.09. The molecule has 0 bridgehead atoms. The first-order chi connectivity index (χ1) is 11.2. The average Bonchev–Trinajstić information content (AvgIpc) is 2.43. The molecule has 0 saturated carbocycles. The van der Waals surface area contributed by atoms with Crippen molar-refractivity contribution in [2.75, 3.05) is 11.5 Å². The molecule has 140 valence electrons.